The lowest BCUT2D eigenvalue weighted by Crippen LogP contribution is -2.59. The number of nitrogens with one attached hydrogen (secondary N) is 1. The molecule has 2 rings (SSSR count). The van der Waals surface area contributed by atoms with E-state index in [0.29, 0.717) is 19.6 Å². The van der Waals surface area contributed by atoms with Gasteiger partial charge in [0.05, 0.1) is 11.3 Å². The fourth-order valence-corrected chi connectivity index (χ4v) is 2.42. The number of carbonyl (C=O) groups is 2. The predicted octanol–water partition coefficient (Wildman–Crippen LogP) is -0.0809. The van der Waals surface area contributed by atoms with Gasteiger partial charge in [-0.3, -0.25) is 9.59 Å². The van der Waals surface area contributed by atoms with Crippen LogP contribution < -0.4 is 5.32 Å². The van der Waals surface area contributed by atoms with Crippen molar-refractivity contribution in [3.63, 3.8) is 0 Å². The maximum atomic E-state index is 12.2. The molecule has 2 N–H and O–H groups in total. The van der Waals surface area contributed by atoms with E-state index < -0.39 is 5.97 Å². The molecule has 0 bridgehead atoms. The van der Waals surface area contributed by atoms with E-state index >= 15 is 0 Å². The molecule has 1 atom stereocenters. The SMILES string of the molecule is CC1(C(=O)N2CC(C(=O)O)C2)CCCNC1. The second-order valence-corrected chi connectivity index (χ2v) is 5.09. The Morgan fingerprint density at radius 3 is 2.62 bits per heavy atom. The second kappa shape index (κ2) is 4.05. The number of hydrogen-bond donors (Lipinski definition) is 2. The molecule has 1 unspecified atom stereocenters. The molecule has 0 saturated carbocycles. The van der Waals surface area contributed by atoms with E-state index in [4.69, 9.17) is 5.11 Å². The van der Waals surface area contributed by atoms with Crippen molar-refractivity contribution in [2.45, 2.75) is 19.8 Å². The predicted molar refractivity (Wildman–Crippen MR) is 57.9 cm³/mol. The van der Waals surface area contributed by atoms with Gasteiger partial charge in [-0.25, -0.2) is 0 Å². The Bertz CT molecular complexity index is 304. The van der Waals surface area contributed by atoms with Crippen molar-refractivity contribution in [2.75, 3.05) is 26.2 Å². The molecule has 0 aromatic carbocycles. The summed E-state index contributed by atoms with van der Waals surface area (Å²) in [6, 6.07) is 0. The number of likely N-dealkylation sites (tertiary alicyclic amines) is 1. The Morgan fingerprint density at radius 2 is 2.12 bits per heavy atom. The van der Waals surface area contributed by atoms with Gasteiger partial charge < -0.3 is 15.3 Å². The van der Waals surface area contributed by atoms with Gasteiger partial charge in [-0.05, 0) is 26.3 Å². The van der Waals surface area contributed by atoms with E-state index in [0.717, 1.165) is 19.4 Å². The van der Waals surface area contributed by atoms with Crippen molar-refractivity contribution >= 4 is 11.9 Å². The Labute approximate surface area is 94.8 Å². The van der Waals surface area contributed by atoms with E-state index in [1.165, 1.54) is 0 Å². The lowest BCUT2D eigenvalue weighted by atomic mass is 9.80. The summed E-state index contributed by atoms with van der Waals surface area (Å²) in [4.78, 5) is 24.5. The van der Waals surface area contributed by atoms with Crippen molar-refractivity contribution in [1.82, 2.24) is 10.2 Å². The largest absolute Gasteiger partial charge is 0.481 e. The molecule has 1 amide bonds. The van der Waals surface area contributed by atoms with Crippen molar-refractivity contribution in [1.29, 1.82) is 0 Å². The van der Waals surface area contributed by atoms with Crippen LogP contribution in [0.2, 0.25) is 0 Å². The summed E-state index contributed by atoms with van der Waals surface area (Å²) in [5.74, 6) is -1.04. The lowest BCUT2D eigenvalue weighted by Gasteiger charge is -2.43. The van der Waals surface area contributed by atoms with Crippen molar-refractivity contribution in [3.05, 3.63) is 0 Å². The normalized spacial score (nSPS) is 30.9. The number of carboxylic acid groups (broad SMARTS) is 1. The van der Waals surface area contributed by atoms with Crippen LogP contribution in [0.3, 0.4) is 0 Å². The number of amides is 1. The Balaban J connectivity index is 1.91. The quantitative estimate of drug-likeness (QED) is 0.691. The molecule has 0 aliphatic carbocycles. The topological polar surface area (TPSA) is 69.6 Å². The van der Waals surface area contributed by atoms with E-state index in [9.17, 15) is 9.59 Å². The first kappa shape index (κ1) is 11.4. The molecule has 0 aromatic heterocycles. The van der Waals surface area contributed by atoms with Crippen LogP contribution in [0.1, 0.15) is 19.8 Å². The first-order valence-electron chi connectivity index (χ1n) is 5.76. The van der Waals surface area contributed by atoms with Gasteiger partial charge >= 0.3 is 5.97 Å². The van der Waals surface area contributed by atoms with Crippen LogP contribution in [0.4, 0.5) is 0 Å². The van der Waals surface area contributed by atoms with Crippen LogP contribution in [0, 0.1) is 11.3 Å². The molecule has 5 nitrogen and oxygen atoms in total. The molecule has 0 aromatic rings. The third-order valence-corrected chi connectivity index (χ3v) is 3.63. The highest BCUT2D eigenvalue weighted by Crippen LogP contribution is 2.31. The first-order chi connectivity index (χ1) is 7.53. The van der Waals surface area contributed by atoms with Crippen LogP contribution in [-0.2, 0) is 9.59 Å². The average molecular weight is 226 g/mol. The number of rotatable bonds is 2. The molecule has 5 heteroatoms. The summed E-state index contributed by atoms with van der Waals surface area (Å²) in [7, 11) is 0. The van der Waals surface area contributed by atoms with Crippen LogP contribution in [0.15, 0.2) is 0 Å². The minimum Gasteiger partial charge on any atom is -0.481 e. The highest BCUT2D eigenvalue weighted by Gasteiger charge is 2.43. The maximum absolute atomic E-state index is 12.2. The molecule has 16 heavy (non-hydrogen) atoms. The molecule has 2 aliphatic heterocycles. The Hall–Kier alpha value is -1.10. The fraction of sp³-hybridized carbons (Fsp3) is 0.818. The van der Waals surface area contributed by atoms with E-state index in [2.05, 4.69) is 5.32 Å². The van der Waals surface area contributed by atoms with Crippen molar-refractivity contribution in [2.24, 2.45) is 11.3 Å². The molecule has 0 radical (unpaired) electrons. The van der Waals surface area contributed by atoms with Crippen LogP contribution in [0.5, 0.6) is 0 Å². The minimum atomic E-state index is -0.795. The summed E-state index contributed by atoms with van der Waals surface area (Å²) >= 11 is 0. The zero-order chi connectivity index (χ0) is 11.8. The van der Waals surface area contributed by atoms with Gasteiger partial charge in [0.2, 0.25) is 5.91 Å². The molecule has 2 aliphatic rings. The number of carboxylic acids is 1. The zero-order valence-corrected chi connectivity index (χ0v) is 9.53. The van der Waals surface area contributed by atoms with Gasteiger partial charge in [-0.2, -0.15) is 0 Å². The van der Waals surface area contributed by atoms with Gasteiger partial charge in [0, 0.05) is 19.6 Å². The number of hydrogen-bond acceptors (Lipinski definition) is 3. The van der Waals surface area contributed by atoms with E-state index in [1.54, 1.807) is 4.90 Å². The third kappa shape index (κ3) is 1.91. The lowest BCUT2D eigenvalue weighted by molar-refractivity contribution is -0.158. The van der Waals surface area contributed by atoms with Gasteiger partial charge in [0.1, 0.15) is 0 Å². The van der Waals surface area contributed by atoms with Crippen molar-refractivity contribution < 1.29 is 14.7 Å². The van der Waals surface area contributed by atoms with Crippen LogP contribution in [0.25, 0.3) is 0 Å². The molecular weight excluding hydrogens is 208 g/mol. The van der Waals surface area contributed by atoms with Crippen LogP contribution >= 0.6 is 0 Å². The third-order valence-electron chi connectivity index (χ3n) is 3.63. The molecule has 0 spiro atoms. The number of aliphatic carboxylic acids is 1. The molecule has 2 saturated heterocycles. The smallest absolute Gasteiger partial charge is 0.310 e. The van der Waals surface area contributed by atoms with Gasteiger partial charge in [-0.1, -0.05) is 0 Å². The number of nitrogens with zero attached hydrogens (tertiary/aromatic N) is 1. The van der Waals surface area contributed by atoms with Gasteiger partial charge in [0.25, 0.3) is 0 Å². The van der Waals surface area contributed by atoms with Gasteiger partial charge in [0.15, 0.2) is 0 Å². The number of carbonyl (C=O) groups excluding carboxylic acids is 1. The first-order valence-corrected chi connectivity index (χ1v) is 5.76. The highest BCUT2D eigenvalue weighted by molar-refractivity contribution is 5.85. The Kier molecular flexibility index (Phi) is 2.88. The van der Waals surface area contributed by atoms with Crippen molar-refractivity contribution in [3.8, 4) is 0 Å². The fourth-order valence-electron chi connectivity index (χ4n) is 2.42. The van der Waals surface area contributed by atoms with E-state index in [-0.39, 0.29) is 17.2 Å². The summed E-state index contributed by atoms with van der Waals surface area (Å²) < 4.78 is 0. The standard InChI is InChI=1S/C11H18N2O3/c1-11(3-2-4-12-7-11)10(16)13-5-8(6-13)9(14)15/h8,12H,2-7H2,1H3,(H,14,15). The number of piperidine rings is 1. The molecule has 2 heterocycles. The summed E-state index contributed by atoms with van der Waals surface area (Å²) in [6.45, 7) is 4.41. The zero-order valence-electron chi connectivity index (χ0n) is 9.53. The highest BCUT2D eigenvalue weighted by atomic mass is 16.4. The summed E-state index contributed by atoms with van der Waals surface area (Å²) in [5.41, 5.74) is -0.332. The van der Waals surface area contributed by atoms with E-state index in [1.807, 2.05) is 6.92 Å². The Morgan fingerprint density at radius 1 is 1.44 bits per heavy atom. The summed E-state index contributed by atoms with van der Waals surface area (Å²) in [5, 5.41) is 12.0. The monoisotopic (exact) mass is 226 g/mol. The molecule has 2 fully saturated rings. The van der Waals surface area contributed by atoms with Gasteiger partial charge in [-0.15, -0.1) is 0 Å². The molecule has 90 valence electrons. The minimum absolute atomic E-state index is 0.109. The second-order valence-electron chi connectivity index (χ2n) is 5.09. The summed E-state index contributed by atoms with van der Waals surface area (Å²) in [6.07, 6.45) is 1.91. The average Bonchev–Trinajstić information content (AvgIpc) is 2.15. The maximum Gasteiger partial charge on any atom is 0.310 e. The molecular formula is C11H18N2O3. The van der Waals surface area contributed by atoms with Crippen LogP contribution in [-0.4, -0.2) is 48.1 Å².